The molecular weight excluding hydrogens is 206 g/mol. The van der Waals surface area contributed by atoms with Gasteiger partial charge in [-0.1, -0.05) is 39.3 Å². The number of rotatable bonds is 2. The van der Waals surface area contributed by atoms with Gasteiger partial charge in [0.25, 0.3) is 0 Å². The van der Waals surface area contributed by atoms with Crippen LogP contribution in [-0.4, -0.2) is 5.71 Å². The minimum atomic E-state index is 0.639. The molecule has 1 saturated carbocycles. The van der Waals surface area contributed by atoms with Gasteiger partial charge in [-0.3, -0.25) is 4.99 Å². The maximum atomic E-state index is 4.69. The Morgan fingerprint density at radius 3 is 3.06 bits per heavy atom. The molecule has 1 heteroatoms. The lowest BCUT2D eigenvalue weighted by Gasteiger charge is -2.30. The van der Waals surface area contributed by atoms with Crippen molar-refractivity contribution < 1.29 is 0 Å². The highest BCUT2D eigenvalue weighted by atomic mass is 14.7. The Bertz CT molecular complexity index is 349. The largest absolute Gasteiger partial charge is 0.261 e. The average molecular weight is 231 g/mol. The molecule has 1 nitrogen and oxygen atoms in total. The summed E-state index contributed by atoms with van der Waals surface area (Å²) in [5.41, 5.74) is 2.89. The lowest BCUT2D eigenvalue weighted by atomic mass is 9.76. The van der Waals surface area contributed by atoms with Gasteiger partial charge >= 0.3 is 0 Å². The van der Waals surface area contributed by atoms with E-state index in [1.165, 1.54) is 43.4 Å². The summed E-state index contributed by atoms with van der Waals surface area (Å²) in [6.07, 6.45) is 13.0. The van der Waals surface area contributed by atoms with Gasteiger partial charge in [0.2, 0.25) is 0 Å². The second-order valence-corrected chi connectivity index (χ2v) is 5.75. The second kappa shape index (κ2) is 5.66. The van der Waals surface area contributed by atoms with Crippen molar-refractivity contribution in [2.75, 3.05) is 0 Å². The van der Waals surface area contributed by atoms with Crippen LogP contribution in [0.4, 0.5) is 0 Å². The smallest absolute Gasteiger partial charge is 0.0435 e. The number of nitrogens with zero attached hydrogens (tertiary/aromatic N) is 1. The zero-order chi connectivity index (χ0) is 12.3. The lowest BCUT2D eigenvalue weighted by molar-refractivity contribution is 0.329. The van der Waals surface area contributed by atoms with Crippen LogP contribution in [0, 0.1) is 17.8 Å². The maximum Gasteiger partial charge on any atom is 0.0435 e. The van der Waals surface area contributed by atoms with Gasteiger partial charge in [-0.15, -0.1) is 0 Å². The summed E-state index contributed by atoms with van der Waals surface area (Å²) in [5.74, 6) is 2.33. The summed E-state index contributed by atoms with van der Waals surface area (Å²) < 4.78 is 0. The molecule has 0 spiro atoms. The Kier molecular flexibility index (Phi) is 4.20. The summed E-state index contributed by atoms with van der Waals surface area (Å²) in [5, 5.41) is 0. The van der Waals surface area contributed by atoms with E-state index in [1.54, 1.807) is 0 Å². The van der Waals surface area contributed by atoms with Crippen molar-refractivity contribution in [2.45, 2.75) is 52.9 Å². The standard InChI is InChI=1S/C16H25N/c1-4-13(3)15-8-7-14-6-5-12(2)9-10-17-16(14)11-15/h6,9-10,12-13,15H,4-5,7-8,11H2,1-3H3/b10-9+,14-6+,17-16-. The van der Waals surface area contributed by atoms with Crippen LogP contribution < -0.4 is 0 Å². The zero-order valence-corrected chi connectivity index (χ0v) is 11.4. The molecule has 94 valence electrons. The minimum Gasteiger partial charge on any atom is -0.261 e. The molecule has 0 radical (unpaired) electrons. The van der Waals surface area contributed by atoms with E-state index in [4.69, 9.17) is 4.99 Å². The van der Waals surface area contributed by atoms with Gasteiger partial charge in [0.05, 0.1) is 0 Å². The van der Waals surface area contributed by atoms with Crippen molar-refractivity contribution in [2.24, 2.45) is 22.7 Å². The highest BCUT2D eigenvalue weighted by Gasteiger charge is 2.25. The van der Waals surface area contributed by atoms with Crippen molar-refractivity contribution in [3.8, 4) is 0 Å². The van der Waals surface area contributed by atoms with Crippen molar-refractivity contribution in [3.63, 3.8) is 0 Å². The van der Waals surface area contributed by atoms with Crippen molar-refractivity contribution in [3.05, 3.63) is 23.9 Å². The Morgan fingerprint density at radius 1 is 1.47 bits per heavy atom. The predicted octanol–water partition coefficient (Wildman–Crippen LogP) is 4.75. The van der Waals surface area contributed by atoms with Gasteiger partial charge in [0.1, 0.15) is 0 Å². The van der Waals surface area contributed by atoms with Crippen LogP contribution in [0.25, 0.3) is 0 Å². The van der Waals surface area contributed by atoms with Gasteiger partial charge in [-0.05, 0) is 49.0 Å². The van der Waals surface area contributed by atoms with Crippen molar-refractivity contribution in [1.29, 1.82) is 0 Å². The number of hydrogen-bond acceptors (Lipinski definition) is 1. The summed E-state index contributed by atoms with van der Waals surface area (Å²) in [6.45, 7) is 6.96. The SMILES string of the molecule is CCC(C)C1CCC2=C\CC(C)/C=C/N=C\2C1. The summed E-state index contributed by atoms with van der Waals surface area (Å²) >= 11 is 0. The van der Waals surface area contributed by atoms with Crippen LogP contribution in [0.15, 0.2) is 28.9 Å². The topological polar surface area (TPSA) is 12.4 Å². The monoisotopic (exact) mass is 231 g/mol. The van der Waals surface area contributed by atoms with E-state index in [2.05, 4.69) is 32.9 Å². The predicted molar refractivity (Wildman–Crippen MR) is 75.2 cm³/mol. The Morgan fingerprint density at radius 2 is 2.29 bits per heavy atom. The first kappa shape index (κ1) is 12.6. The number of allylic oxidation sites excluding steroid dienone is 3. The molecule has 17 heavy (non-hydrogen) atoms. The molecule has 2 aliphatic rings. The minimum absolute atomic E-state index is 0.639. The maximum absolute atomic E-state index is 4.69. The van der Waals surface area contributed by atoms with Crippen LogP contribution in [-0.2, 0) is 0 Å². The van der Waals surface area contributed by atoms with Crippen LogP contribution in [0.2, 0.25) is 0 Å². The first-order valence-electron chi connectivity index (χ1n) is 7.13. The van der Waals surface area contributed by atoms with Crippen LogP contribution in [0.3, 0.4) is 0 Å². The van der Waals surface area contributed by atoms with Gasteiger partial charge in [0, 0.05) is 11.9 Å². The Balaban J connectivity index is 2.13. The van der Waals surface area contributed by atoms with E-state index in [1.807, 2.05) is 6.20 Å². The molecule has 0 aromatic carbocycles. The third-order valence-electron chi connectivity index (χ3n) is 4.44. The molecule has 1 fully saturated rings. The fourth-order valence-corrected chi connectivity index (χ4v) is 2.83. The number of aliphatic imine (C=N–C) groups is 1. The van der Waals surface area contributed by atoms with Crippen LogP contribution in [0.5, 0.6) is 0 Å². The van der Waals surface area contributed by atoms with E-state index in [-0.39, 0.29) is 0 Å². The molecule has 3 atom stereocenters. The van der Waals surface area contributed by atoms with Gasteiger partial charge in [-0.2, -0.15) is 0 Å². The molecule has 0 aromatic heterocycles. The first-order chi connectivity index (χ1) is 8.20. The third kappa shape index (κ3) is 3.08. The van der Waals surface area contributed by atoms with Crippen molar-refractivity contribution in [1.82, 2.24) is 0 Å². The summed E-state index contributed by atoms with van der Waals surface area (Å²) in [7, 11) is 0. The molecule has 1 heterocycles. The molecule has 1 aliphatic carbocycles. The quantitative estimate of drug-likeness (QED) is 0.650. The molecule has 0 N–H and O–H groups in total. The van der Waals surface area contributed by atoms with Gasteiger partial charge in [0.15, 0.2) is 0 Å². The summed E-state index contributed by atoms with van der Waals surface area (Å²) in [6, 6.07) is 0. The molecule has 0 saturated heterocycles. The van der Waals surface area contributed by atoms with Crippen LogP contribution >= 0.6 is 0 Å². The lowest BCUT2D eigenvalue weighted by Crippen LogP contribution is -2.23. The van der Waals surface area contributed by atoms with E-state index in [0.717, 1.165) is 11.8 Å². The highest BCUT2D eigenvalue weighted by molar-refractivity contribution is 6.01. The normalized spacial score (nSPS) is 38.8. The van der Waals surface area contributed by atoms with Gasteiger partial charge < -0.3 is 0 Å². The fraction of sp³-hybridized carbons (Fsp3) is 0.688. The zero-order valence-electron chi connectivity index (χ0n) is 11.4. The van der Waals surface area contributed by atoms with Crippen LogP contribution in [0.1, 0.15) is 52.9 Å². The molecule has 2 rings (SSSR count). The second-order valence-electron chi connectivity index (χ2n) is 5.75. The van der Waals surface area contributed by atoms with Gasteiger partial charge in [-0.25, -0.2) is 0 Å². The average Bonchev–Trinajstić information content (AvgIpc) is 2.33. The van der Waals surface area contributed by atoms with E-state index >= 15 is 0 Å². The third-order valence-corrected chi connectivity index (χ3v) is 4.44. The molecule has 0 bridgehead atoms. The van der Waals surface area contributed by atoms with E-state index in [0.29, 0.717) is 5.92 Å². The fourth-order valence-electron chi connectivity index (χ4n) is 2.83. The molecule has 0 aromatic rings. The van der Waals surface area contributed by atoms with E-state index in [9.17, 15) is 0 Å². The summed E-state index contributed by atoms with van der Waals surface area (Å²) in [4.78, 5) is 4.69. The van der Waals surface area contributed by atoms with E-state index < -0.39 is 0 Å². The highest BCUT2D eigenvalue weighted by Crippen LogP contribution is 2.34. The number of fused-ring (bicyclic) bond motifs is 1. The molecule has 3 unspecified atom stereocenters. The number of hydrogen-bond donors (Lipinski definition) is 0. The molecule has 0 amide bonds. The van der Waals surface area contributed by atoms with Crippen molar-refractivity contribution >= 4 is 5.71 Å². The molecular formula is C16H25N. The molecule has 1 aliphatic heterocycles. The first-order valence-corrected chi connectivity index (χ1v) is 7.13. The Hall–Kier alpha value is -0.850. The Labute approximate surface area is 106 Å².